The third-order valence-electron chi connectivity index (χ3n) is 6.47. The fourth-order valence-corrected chi connectivity index (χ4v) is 4.29. The zero-order valence-electron chi connectivity index (χ0n) is 20.3. The minimum atomic E-state index is -1.48. The van der Waals surface area contributed by atoms with Crippen LogP contribution in [0.3, 0.4) is 0 Å². The molecule has 3 aliphatic rings. The van der Waals surface area contributed by atoms with Crippen molar-refractivity contribution in [3.63, 3.8) is 0 Å². The summed E-state index contributed by atoms with van der Waals surface area (Å²) in [6, 6.07) is 7.10. The lowest BCUT2D eigenvalue weighted by Crippen LogP contribution is -2.59. The molecule has 13 heteroatoms. The largest absolute Gasteiger partial charge is 0.387 e. The van der Waals surface area contributed by atoms with Gasteiger partial charge in [-0.3, -0.25) is 0 Å². The number of hydrogen-bond donors (Lipinski definition) is 6. The molecule has 37 heavy (non-hydrogen) atoms. The summed E-state index contributed by atoms with van der Waals surface area (Å²) < 4.78 is 39.1. The predicted octanol–water partition coefficient (Wildman–Crippen LogP) is -2.60. The highest BCUT2D eigenvalue weighted by molar-refractivity contribution is 5.22. The van der Waals surface area contributed by atoms with E-state index in [1.54, 1.807) is 24.3 Å². The van der Waals surface area contributed by atoms with Gasteiger partial charge in [0.25, 0.3) is 0 Å². The summed E-state index contributed by atoms with van der Waals surface area (Å²) >= 11 is 0. The van der Waals surface area contributed by atoms with Gasteiger partial charge >= 0.3 is 0 Å². The standard InChI is InChI=1S/C24H36O13/c25-17-15-11-32-6-4-31-5-7-33-12-16-18(26)20(28)22(30)24(37-16)35-10-14-3-1-2-13(8-14)9-34-23(36-15)21(29)19(17)27/h1-3,8,15-30H,4-7,9-12H2/t15-,16-,17+,18+,19+,20+,21-,22-,23-,24-/m1/s1. The Morgan fingerprint density at radius 3 is 1.43 bits per heavy atom. The predicted molar refractivity (Wildman–Crippen MR) is 122 cm³/mol. The lowest BCUT2D eigenvalue weighted by Gasteiger charge is -2.40. The van der Waals surface area contributed by atoms with Crippen LogP contribution in [0.1, 0.15) is 11.1 Å². The molecule has 10 atom stereocenters. The molecule has 13 nitrogen and oxygen atoms in total. The van der Waals surface area contributed by atoms with Crippen LogP contribution < -0.4 is 0 Å². The molecule has 2 fully saturated rings. The quantitative estimate of drug-likeness (QED) is 0.204. The van der Waals surface area contributed by atoms with Crippen LogP contribution in [0, 0.1) is 0 Å². The van der Waals surface area contributed by atoms with E-state index in [0.717, 1.165) is 0 Å². The van der Waals surface area contributed by atoms with E-state index in [1.165, 1.54) is 0 Å². The van der Waals surface area contributed by atoms with Gasteiger partial charge in [-0.1, -0.05) is 24.3 Å². The van der Waals surface area contributed by atoms with Crippen LogP contribution >= 0.6 is 0 Å². The molecule has 1 aromatic rings. The first-order valence-electron chi connectivity index (χ1n) is 12.3. The van der Waals surface area contributed by atoms with Gasteiger partial charge < -0.3 is 63.8 Å². The Labute approximate surface area is 214 Å². The van der Waals surface area contributed by atoms with E-state index in [-0.39, 0.29) is 52.9 Å². The van der Waals surface area contributed by atoms with E-state index in [9.17, 15) is 30.6 Å². The van der Waals surface area contributed by atoms with Crippen molar-refractivity contribution < 1.29 is 63.8 Å². The molecule has 0 amide bonds. The Hall–Kier alpha value is -1.30. The molecule has 0 aliphatic carbocycles. The van der Waals surface area contributed by atoms with E-state index in [4.69, 9.17) is 33.2 Å². The maximum absolute atomic E-state index is 10.3. The molecule has 0 unspecified atom stereocenters. The molecule has 2 saturated heterocycles. The Kier molecular flexibility index (Phi) is 10.6. The van der Waals surface area contributed by atoms with Gasteiger partial charge in [0.15, 0.2) is 12.6 Å². The van der Waals surface area contributed by atoms with Crippen LogP contribution in [0.2, 0.25) is 0 Å². The summed E-state index contributed by atoms with van der Waals surface area (Å²) in [4.78, 5) is 0. The first-order chi connectivity index (χ1) is 17.8. The summed E-state index contributed by atoms with van der Waals surface area (Å²) in [5.74, 6) is 0. The van der Waals surface area contributed by atoms with Gasteiger partial charge in [0.05, 0.1) is 52.9 Å². The third-order valence-corrected chi connectivity index (χ3v) is 6.47. The van der Waals surface area contributed by atoms with Crippen LogP contribution in [0.5, 0.6) is 0 Å². The zero-order valence-corrected chi connectivity index (χ0v) is 20.3. The van der Waals surface area contributed by atoms with Gasteiger partial charge in [0, 0.05) is 0 Å². The van der Waals surface area contributed by atoms with Crippen LogP contribution in [-0.4, -0.2) is 132 Å². The summed E-state index contributed by atoms with van der Waals surface area (Å²) in [6.45, 7) is 0.731. The van der Waals surface area contributed by atoms with E-state index in [0.29, 0.717) is 11.1 Å². The van der Waals surface area contributed by atoms with Crippen LogP contribution in [-0.2, 0) is 46.4 Å². The van der Waals surface area contributed by atoms with Crippen molar-refractivity contribution in [2.24, 2.45) is 0 Å². The summed E-state index contributed by atoms with van der Waals surface area (Å²) in [5.41, 5.74) is 1.41. The molecular weight excluding hydrogens is 496 g/mol. The topological polar surface area (TPSA) is 186 Å². The summed E-state index contributed by atoms with van der Waals surface area (Å²) in [5, 5.41) is 61.7. The van der Waals surface area contributed by atoms with Crippen molar-refractivity contribution in [1.82, 2.24) is 0 Å². The molecule has 1 aromatic carbocycles. The monoisotopic (exact) mass is 532 g/mol. The number of benzene rings is 1. The van der Waals surface area contributed by atoms with Gasteiger partial charge in [0.1, 0.15) is 48.8 Å². The minimum Gasteiger partial charge on any atom is -0.387 e. The molecule has 4 rings (SSSR count). The maximum atomic E-state index is 10.3. The molecule has 3 heterocycles. The lowest BCUT2D eigenvalue weighted by molar-refractivity contribution is -0.306. The minimum absolute atomic E-state index is 0.0205. The van der Waals surface area contributed by atoms with Gasteiger partial charge in [0.2, 0.25) is 0 Å². The molecule has 0 radical (unpaired) electrons. The van der Waals surface area contributed by atoms with Crippen molar-refractivity contribution in [2.75, 3.05) is 39.6 Å². The normalized spacial score (nSPS) is 41.2. The van der Waals surface area contributed by atoms with Crippen molar-refractivity contribution in [1.29, 1.82) is 0 Å². The number of aliphatic hydroxyl groups excluding tert-OH is 6. The second-order valence-electron chi connectivity index (χ2n) is 9.23. The molecule has 0 saturated carbocycles. The Morgan fingerprint density at radius 1 is 0.541 bits per heavy atom. The smallest absolute Gasteiger partial charge is 0.187 e. The highest BCUT2D eigenvalue weighted by atomic mass is 16.7. The molecule has 210 valence electrons. The summed E-state index contributed by atoms with van der Waals surface area (Å²) in [6.07, 6.45) is -12.9. The number of hydrogen-bond acceptors (Lipinski definition) is 13. The first-order valence-corrected chi connectivity index (χ1v) is 12.3. The molecular formula is C24H36O13. The van der Waals surface area contributed by atoms with Gasteiger partial charge in [-0.25, -0.2) is 0 Å². The maximum Gasteiger partial charge on any atom is 0.187 e. The second kappa shape index (κ2) is 13.7. The van der Waals surface area contributed by atoms with Crippen LogP contribution in [0.25, 0.3) is 0 Å². The van der Waals surface area contributed by atoms with Crippen molar-refractivity contribution >= 4 is 0 Å². The van der Waals surface area contributed by atoms with E-state index in [1.807, 2.05) is 0 Å². The number of fused-ring (bicyclic) bond motifs is 6. The molecule has 6 bridgehead atoms. The average Bonchev–Trinajstić information content (AvgIpc) is 2.90. The second-order valence-corrected chi connectivity index (χ2v) is 9.23. The fourth-order valence-electron chi connectivity index (χ4n) is 4.29. The molecule has 6 N–H and O–H groups in total. The van der Waals surface area contributed by atoms with Crippen molar-refractivity contribution in [2.45, 2.75) is 74.6 Å². The van der Waals surface area contributed by atoms with Gasteiger partial charge in [-0.05, 0) is 11.1 Å². The highest BCUT2D eigenvalue weighted by Crippen LogP contribution is 2.25. The Balaban J connectivity index is 1.44. The van der Waals surface area contributed by atoms with Crippen molar-refractivity contribution in [3.05, 3.63) is 35.4 Å². The van der Waals surface area contributed by atoms with E-state index in [2.05, 4.69) is 0 Å². The highest BCUT2D eigenvalue weighted by Gasteiger charge is 2.45. The average molecular weight is 533 g/mol. The molecule has 0 aromatic heterocycles. The van der Waals surface area contributed by atoms with E-state index >= 15 is 0 Å². The van der Waals surface area contributed by atoms with Gasteiger partial charge in [-0.2, -0.15) is 0 Å². The SMILES string of the molecule is O[C@H]1[C@@H](O)[C@H]2COCCOCCOC[C@H]3O[C@@H](OCc4cccc(c4)CO[C@H](O2)[C@@H]1O)[C@H](O)[C@@H](O)[C@H]3O. The zero-order chi connectivity index (χ0) is 26.4. The fraction of sp³-hybridized carbons (Fsp3) is 0.750. The van der Waals surface area contributed by atoms with Gasteiger partial charge in [-0.15, -0.1) is 0 Å². The van der Waals surface area contributed by atoms with Crippen LogP contribution in [0.15, 0.2) is 24.3 Å². The van der Waals surface area contributed by atoms with Crippen LogP contribution in [0.4, 0.5) is 0 Å². The first kappa shape index (κ1) is 28.7. The third kappa shape index (κ3) is 7.42. The lowest BCUT2D eigenvalue weighted by atomic mass is 9.99. The number of rotatable bonds is 0. The Morgan fingerprint density at radius 2 is 0.973 bits per heavy atom. The number of ether oxygens (including phenoxy) is 7. The summed E-state index contributed by atoms with van der Waals surface area (Å²) in [7, 11) is 0. The molecule has 3 aliphatic heterocycles. The molecule has 0 spiro atoms. The van der Waals surface area contributed by atoms with Crippen molar-refractivity contribution in [3.8, 4) is 0 Å². The Bertz CT molecular complexity index is 766. The number of aliphatic hydroxyl groups is 6. The van der Waals surface area contributed by atoms with E-state index < -0.39 is 61.4 Å².